The third-order valence-electron chi connectivity index (χ3n) is 8.25. The zero-order valence-electron chi connectivity index (χ0n) is 18.6. The molecule has 2 aliphatic carbocycles. The Kier molecular flexibility index (Phi) is 8.02. The lowest BCUT2D eigenvalue weighted by Crippen LogP contribution is -2.66. The number of nitrogens with zero attached hydrogens (tertiary/aromatic N) is 2. The number of hydrogen-bond acceptors (Lipinski definition) is 5. The van der Waals surface area contributed by atoms with E-state index in [1.807, 2.05) is 0 Å². The Morgan fingerprint density at radius 3 is 2.45 bits per heavy atom. The molecule has 0 radical (unpaired) electrons. The zero-order chi connectivity index (χ0) is 20.1. The summed E-state index contributed by atoms with van der Waals surface area (Å²) in [7, 11) is 0. The number of ether oxygens (including phenoxy) is 1. The molecule has 166 valence electrons. The second-order valence-electron chi connectivity index (χ2n) is 10.1. The number of carbonyl (C=O) groups is 1. The van der Waals surface area contributed by atoms with Gasteiger partial charge in [-0.2, -0.15) is 0 Å². The zero-order valence-corrected chi connectivity index (χ0v) is 18.6. The van der Waals surface area contributed by atoms with Crippen LogP contribution in [0.25, 0.3) is 0 Å². The average Bonchev–Trinajstić information content (AvgIpc) is 2.79. The maximum atomic E-state index is 11.8. The highest BCUT2D eigenvalue weighted by Gasteiger charge is 2.42. The summed E-state index contributed by atoms with van der Waals surface area (Å²) >= 11 is 0. The van der Waals surface area contributed by atoms with Gasteiger partial charge in [0.05, 0.1) is 0 Å². The smallest absolute Gasteiger partial charge is 0.151 e. The van der Waals surface area contributed by atoms with Crippen molar-refractivity contribution < 1.29 is 9.53 Å². The van der Waals surface area contributed by atoms with Gasteiger partial charge in [0, 0.05) is 37.9 Å². The maximum absolute atomic E-state index is 11.8. The second kappa shape index (κ2) is 10.7. The van der Waals surface area contributed by atoms with Crippen LogP contribution in [0.2, 0.25) is 0 Å². The summed E-state index contributed by atoms with van der Waals surface area (Å²) < 4.78 is 5.79. The molecule has 4 aliphatic rings. The van der Waals surface area contributed by atoms with Crippen LogP contribution < -0.4 is 5.32 Å². The van der Waals surface area contributed by atoms with Crippen LogP contribution in [-0.4, -0.2) is 73.2 Å². The molecule has 1 N–H and O–H groups in total. The van der Waals surface area contributed by atoms with Crippen molar-refractivity contribution in [3.63, 3.8) is 0 Å². The molecular formula is C24H43N3O2. The van der Waals surface area contributed by atoms with Crippen molar-refractivity contribution in [2.24, 2.45) is 11.8 Å². The molecule has 0 amide bonds. The van der Waals surface area contributed by atoms with E-state index in [4.69, 9.17) is 4.74 Å². The number of likely N-dealkylation sites (tertiary alicyclic amines) is 1. The van der Waals surface area contributed by atoms with Gasteiger partial charge in [0.25, 0.3) is 0 Å². The summed E-state index contributed by atoms with van der Waals surface area (Å²) in [6.45, 7) is 7.54. The Morgan fingerprint density at radius 1 is 0.966 bits per heavy atom. The Balaban J connectivity index is 1.26. The van der Waals surface area contributed by atoms with E-state index in [1.165, 1.54) is 83.6 Å². The Labute approximate surface area is 177 Å². The summed E-state index contributed by atoms with van der Waals surface area (Å²) in [6.07, 6.45) is 15.4. The van der Waals surface area contributed by atoms with Crippen molar-refractivity contribution in [1.82, 2.24) is 15.1 Å². The SMILES string of the molecule is CCCOCC1CCC(N2CCC(N3C(C=O)NCC4CCCCC43)CC2)CC1. The quantitative estimate of drug-likeness (QED) is 0.519. The highest BCUT2D eigenvalue weighted by molar-refractivity contribution is 5.57. The van der Waals surface area contributed by atoms with Crippen LogP contribution in [0, 0.1) is 11.8 Å². The molecule has 3 atom stereocenters. The maximum Gasteiger partial charge on any atom is 0.151 e. The number of aldehydes is 1. The van der Waals surface area contributed by atoms with Crippen molar-refractivity contribution in [1.29, 1.82) is 0 Å². The predicted molar refractivity (Wildman–Crippen MR) is 117 cm³/mol. The van der Waals surface area contributed by atoms with E-state index in [0.717, 1.165) is 44.1 Å². The Morgan fingerprint density at radius 2 is 1.72 bits per heavy atom. The molecule has 2 saturated carbocycles. The van der Waals surface area contributed by atoms with Crippen LogP contribution >= 0.6 is 0 Å². The molecule has 0 aromatic heterocycles. The van der Waals surface area contributed by atoms with Crippen LogP contribution in [0.5, 0.6) is 0 Å². The van der Waals surface area contributed by atoms with E-state index < -0.39 is 0 Å². The molecule has 0 spiro atoms. The van der Waals surface area contributed by atoms with E-state index >= 15 is 0 Å². The Bertz CT molecular complexity index is 500. The molecule has 29 heavy (non-hydrogen) atoms. The largest absolute Gasteiger partial charge is 0.381 e. The van der Waals surface area contributed by atoms with Gasteiger partial charge in [-0.15, -0.1) is 0 Å². The minimum atomic E-state index is -0.0514. The number of fused-ring (bicyclic) bond motifs is 1. The molecule has 2 aliphatic heterocycles. The van der Waals surface area contributed by atoms with Crippen molar-refractivity contribution in [2.75, 3.05) is 32.8 Å². The van der Waals surface area contributed by atoms with Gasteiger partial charge in [0.15, 0.2) is 6.29 Å². The molecule has 4 fully saturated rings. The van der Waals surface area contributed by atoms with Crippen LogP contribution in [0.1, 0.15) is 77.6 Å². The first-order valence-corrected chi connectivity index (χ1v) is 12.6. The molecule has 0 aromatic rings. The number of carbonyl (C=O) groups excluding carboxylic acids is 1. The highest BCUT2D eigenvalue weighted by atomic mass is 16.5. The normalized spacial score (nSPS) is 37.9. The number of rotatable bonds is 7. The van der Waals surface area contributed by atoms with Crippen LogP contribution in [0.4, 0.5) is 0 Å². The molecule has 4 rings (SSSR count). The van der Waals surface area contributed by atoms with Crippen molar-refractivity contribution in [3.8, 4) is 0 Å². The average molecular weight is 406 g/mol. The van der Waals surface area contributed by atoms with Crippen LogP contribution in [0.15, 0.2) is 0 Å². The number of piperidine rings is 1. The van der Waals surface area contributed by atoms with E-state index in [1.54, 1.807) is 0 Å². The Hall–Kier alpha value is -0.490. The monoisotopic (exact) mass is 405 g/mol. The summed E-state index contributed by atoms with van der Waals surface area (Å²) in [4.78, 5) is 17.2. The fraction of sp³-hybridized carbons (Fsp3) is 0.958. The molecule has 2 saturated heterocycles. The van der Waals surface area contributed by atoms with Crippen molar-refractivity contribution >= 4 is 6.29 Å². The second-order valence-corrected chi connectivity index (χ2v) is 10.1. The summed E-state index contributed by atoms with van der Waals surface area (Å²) in [5, 5.41) is 3.55. The lowest BCUT2D eigenvalue weighted by Gasteiger charge is -2.53. The van der Waals surface area contributed by atoms with Crippen molar-refractivity contribution in [3.05, 3.63) is 0 Å². The minimum Gasteiger partial charge on any atom is -0.381 e. The third kappa shape index (κ3) is 5.23. The van der Waals surface area contributed by atoms with E-state index in [2.05, 4.69) is 22.0 Å². The summed E-state index contributed by atoms with van der Waals surface area (Å²) in [6, 6.07) is 2.00. The van der Waals surface area contributed by atoms with Gasteiger partial charge in [-0.05, 0) is 82.7 Å². The molecule has 5 nitrogen and oxygen atoms in total. The molecular weight excluding hydrogens is 362 g/mol. The minimum absolute atomic E-state index is 0.0514. The molecule has 3 unspecified atom stereocenters. The number of nitrogens with one attached hydrogen (secondary N) is 1. The van der Waals surface area contributed by atoms with Gasteiger partial charge in [0.1, 0.15) is 6.17 Å². The lowest BCUT2D eigenvalue weighted by molar-refractivity contribution is -0.122. The van der Waals surface area contributed by atoms with Gasteiger partial charge in [0.2, 0.25) is 0 Å². The third-order valence-corrected chi connectivity index (χ3v) is 8.25. The van der Waals surface area contributed by atoms with Crippen LogP contribution in [-0.2, 0) is 9.53 Å². The first-order valence-electron chi connectivity index (χ1n) is 12.6. The van der Waals surface area contributed by atoms with Gasteiger partial charge >= 0.3 is 0 Å². The standard InChI is InChI=1S/C24H43N3O2/c1-2-15-29-18-19-7-9-21(10-8-19)26-13-11-22(12-14-26)27-23-6-4-3-5-20(23)16-25-24(27)17-28/h17,19-25H,2-16,18H2,1H3. The predicted octanol–water partition coefficient (Wildman–Crippen LogP) is 3.43. The van der Waals surface area contributed by atoms with Crippen LogP contribution in [0.3, 0.4) is 0 Å². The topological polar surface area (TPSA) is 44.8 Å². The van der Waals surface area contributed by atoms with Gasteiger partial charge < -0.3 is 14.4 Å². The highest BCUT2D eigenvalue weighted by Crippen LogP contribution is 2.36. The van der Waals surface area contributed by atoms with E-state index in [9.17, 15) is 4.79 Å². The van der Waals surface area contributed by atoms with Gasteiger partial charge in [-0.3, -0.25) is 10.2 Å². The fourth-order valence-electron chi connectivity index (χ4n) is 6.64. The van der Waals surface area contributed by atoms with E-state index in [0.29, 0.717) is 12.1 Å². The fourth-order valence-corrected chi connectivity index (χ4v) is 6.64. The van der Waals surface area contributed by atoms with E-state index in [-0.39, 0.29) is 6.17 Å². The van der Waals surface area contributed by atoms with Gasteiger partial charge in [-0.25, -0.2) is 0 Å². The summed E-state index contributed by atoms with van der Waals surface area (Å²) in [5.74, 6) is 1.54. The summed E-state index contributed by atoms with van der Waals surface area (Å²) in [5.41, 5.74) is 0. The first kappa shape index (κ1) is 21.7. The lowest BCUT2D eigenvalue weighted by atomic mass is 9.80. The number of hydrogen-bond donors (Lipinski definition) is 1. The molecule has 5 heteroatoms. The molecule has 0 bridgehead atoms. The van der Waals surface area contributed by atoms with Gasteiger partial charge in [-0.1, -0.05) is 19.8 Å². The molecule has 2 heterocycles. The first-order chi connectivity index (χ1) is 14.3. The molecule has 0 aromatic carbocycles. The van der Waals surface area contributed by atoms with Crippen molar-refractivity contribution in [2.45, 2.75) is 102 Å².